The van der Waals surface area contributed by atoms with Crippen molar-refractivity contribution < 1.29 is 23.5 Å². The first-order chi connectivity index (χ1) is 14.9. The van der Waals surface area contributed by atoms with E-state index in [-0.39, 0.29) is 23.7 Å². The van der Waals surface area contributed by atoms with Crippen LogP contribution in [-0.4, -0.2) is 57.3 Å². The summed E-state index contributed by atoms with van der Waals surface area (Å²) in [7, 11) is 1.83. The Morgan fingerprint density at radius 3 is 2.47 bits per heavy atom. The normalized spacial score (nSPS) is 16.3. The molecule has 2 amide bonds. The van der Waals surface area contributed by atoms with E-state index < -0.39 is 17.7 Å². The standard InChI is InChI=1S/C23H33FN4O4/c1-14(2)19(26-22(30)32-23(3,4)5)20(29)28-11-9-16(10-12-28)31-21-25-17-13-15(24)7-8-18(17)27(21)6/h7-8,13-14,16,19H,9-12H2,1-6H3,(H,26,30)/t19-/m0/s1. The summed E-state index contributed by atoms with van der Waals surface area (Å²) < 4.78 is 26.7. The van der Waals surface area contributed by atoms with Crippen molar-refractivity contribution >= 4 is 23.0 Å². The van der Waals surface area contributed by atoms with Crippen LogP contribution in [0.3, 0.4) is 0 Å². The van der Waals surface area contributed by atoms with E-state index in [0.29, 0.717) is 37.5 Å². The van der Waals surface area contributed by atoms with Gasteiger partial charge in [0.15, 0.2) is 0 Å². The maximum absolute atomic E-state index is 13.5. The Morgan fingerprint density at radius 1 is 1.22 bits per heavy atom. The lowest BCUT2D eigenvalue weighted by atomic mass is 10.0. The molecule has 2 aromatic rings. The number of alkyl carbamates (subject to hydrolysis) is 1. The number of hydrogen-bond donors (Lipinski definition) is 1. The molecule has 9 heteroatoms. The number of hydrogen-bond acceptors (Lipinski definition) is 5. The lowest BCUT2D eigenvalue weighted by Crippen LogP contribution is -2.54. The van der Waals surface area contributed by atoms with Gasteiger partial charge in [0, 0.05) is 39.0 Å². The van der Waals surface area contributed by atoms with E-state index in [9.17, 15) is 14.0 Å². The molecule has 176 valence electrons. The van der Waals surface area contributed by atoms with Gasteiger partial charge in [0.25, 0.3) is 6.01 Å². The van der Waals surface area contributed by atoms with Crippen LogP contribution < -0.4 is 10.1 Å². The molecule has 32 heavy (non-hydrogen) atoms. The summed E-state index contributed by atoms with van der Waals surface area (Å²) in [6.45, 7) is 10.2. The number of halogens is 1. The van der Waals surface area contributed by atoms with Gasteiger partial charge < -0.3 is 19.7 Å². The summed E-state index contributed by atoms with van der Waals surface area (Å²) >= 11 is 0. The maximum Gasteiger partial charge on any atom is 0.408 e. The van der Waals surface area contributed by atoms with Crippen LogP contribution in [0.25, 0.3) is 11.0 Å². The molecule has 1 N–H and O–H groups in total. The van der Waals surface area contributed by atoms with Gasteiger partial charge in [0.1, 0.15) is 23.6 Å². The van der Waals surface area contributed by atoms with E-state index in [1.165, 1.54) is 12.1 Å². The number of benzene rings is 1. The van der Waals surface area contributed by atoms with Crippen molar-refractivity contribution in [3.05, 3.63) is 24.0 Å². The molecule has 1 fully saturated rings. The third-order valence-corrected chi connectivity index (χ3v) is 5.43. The zero-order chi connectivity index (χ0) is 23.6. The van der Waals surface area contributed by atoms with Gasteiger partial charge in [0.2, 0.25) is 5.91 Å². The van der Waals surface area contributed by atoms with Crippen LogP contribution in [0, 0.1) is 11.7 Å². The van der Waals surface area contributed by atoms with Gasteiger partial charge in [-0.2, -0.15) is 4.98 Å². The number of carbonyl (C=O) groups excluding carboxylic acids is 2. The minimum atomic E-state index is -0.656. The van der Waals surface area contributed by atoms with Crippen molar-refractivity contribution in [1.29, 1.82) is 0 Å². The van der Waals surface area contributed by atoms with Crippen LogP contribution in [0.15, 0.2) is 18.2 Å². The third-order valence-electron chi connectivity index (χ3n) is 5.43. The number of rotatable bonds is 5. The molecule has 1 aromatic heterocycles. The first-order valence-electron chi connectivity index (χ1n) is 11.0. The number of carbonyl (C=O) groups is 2. The highest BCUT2D eigenvalue weighted by Gasteiger charge is 2.33. The first kappa shape index (κ1) is 23.8. The zero-order valence-electron chi connectivity index (χ0n) is 19.6. The third kappa shape index (κ3) is 5.69. The molecular weight excluding hydrogens is 415 g/mol. The Kier molecular flexibility index (Phi) is 6.95. The van der Waals surface area contributed by atoms with Crippen LogP contribution in [0.2, 0.25) is 0 Å². The number of likely N-dealkylation sites (tertiary alicyclic amines) is 1. The quantitative estimate of drug-likeness (QED) is 0.755. The number of ether oxygens (including phenoxy) is 2. The van der Waals surface area contributed by atoms with Gasteiger partial charge in [0.05, 0.1) is 11.0 Å². The summed E-state index contributed by atoms with van der Waals surface area (Å²) in [4.78, 5) is 31.4. The molecule has 1 atom stereocenters. The van der Waals surface area contributed by atoms with Crippen molar-refractivity contribution in [1.82, 2.24) is 19.8 Å². The number of aryl methyl sites for hydroxylation is 1. The summed E-state index contributed by atoms with van der Waals surface area (Å²) in [5.74, 6) is -0.541. The number of piperidine rings is 1. The zero-order valence-corrected chi connectivity index (χ0v) is 19.6. The smallest absolute Gasteiger partial charge is 0.408 e. The molecule has 1 aliphatic heterocycles. The molecule has 1 aliphatic rings. The lowest BCUT2D eigenvalue weighted by Gasteiger charge is -2.35. The Hall–Kier alpha value is -2.84. The van der Waals surface area contributed by atoms with Crippen molar-refractivity contribution in [2.75, 3.05) is 13.1 Å². The highest BCUT2D eigenvalue weighted by atomic mass is 19.1. The van der Waals surface area contributed by atoms with Crippen LogP contribution in [0.5, 0.6) is 6.01 Å². The second-order valence-corrected chi connectivity index (χ2v) is 9.60. The fourth-order valence-electron chi connectivity index (χ4n) is 3.74. The van der Waals surface area contributed by atoms with E-state index in [1.807, 2.05) is 20.9 Å². The average Bonchev–Trinajstić information content (AvgIpc) is 2.99. The molecule has 0 spiro atoms. The van der Waals surface area contributed by atoms with Gasteiger partial charge in [-0.1, -0.05) is 13.8 Å². The minimum absolute atomic E-state index is 0.0793. The Morgan fingerprint density at radius 2 is 1.88 bits per heavy atom. The molecule has 2 heterocycles. The minimum Gasteiger partial charge on any atom is -0.461 e. The van der Waals surface area contributed by atoms with Gasteiger partial charge in [-0.3, -0.25) is 9.36 Å². The molecular formula is C23H33FN4O4. The van der Waals surface area contributed by atoms with Crippen LogP contribution in [0.1, 0.15) is 47.5 Å². The largest absolute Gasteiger partial charge is 0.461 e. The summed E-state index contributed by atoms with van der Waals surface area (Å²) in [5.41, 5.74) is 0.705. The molecule has 0 saturated carbocycles. The molecule has 0 bridgehead atoms. The highest BCUT2D eigenvalue weighted by molar-refractivity contribution is 5.86. The van der Waals surface area contributed by atoms with Gasteiger partial charge in [-0.15, -0.1) is 0 Å². The van der Waals surface area contributed by atoms with Crippen molar-refractivity contribution in [3.63, 3.8) is 0 Å². The Bertz CT molecular complexity index is 974. The summed E-state index contributed by atoms with van der Waals surface area (Å²) in [6, 6.07) is 4.23. The van der Waals surface area contributed by atoms with Crippen LogP contribution in [-0.2, 0) is 16.6 Å². The number of fused-ring (bicyclic) bond motifs is 1. The number of amides is 2. The van der Waals surface area contributed by atoms with Gasteiger partial charge in [-0.25, -0.2) is 9.18 Å². The molecule has 3 rings (SSSR count). The van der Waals surface area contributed by atoms with Crippen LogP contribution >= 0.6 is 0 Å². The van der Waals surface area contributed by atoms with E-state index in [0.717, 1.165) is 5.52 Å². The van der Waals surface area contributed by atoms with Crippen molar-refractivity contribution in [2.24, 2.45) is 13.0 Å². The molecule has 0 aliphatic carbocycles. The highest BCUT2D eigenvalue weighted by Crippen LogP contribution is 2.24. The fraction of sp³-hybridized carbons (Fsp3) is 0.609. The van der Waals surface area contributed by atoms with Gasteiger partial charge in [-0.05, 0) is 38.8 Å². The number of nitrogens with zero attached hydrogens (tertiary/aromatic N) is 3. The predicted molar refractivity (Wildman–Crippen MR) is 119 cm³/mol. The number of nitrogens with one attached hydrogen (secondary N) is 1. The maximum atomic E-state index is 13.5. The average molecular weight is 449 g/mol. The SMILES string of the molecule is CC(C)[C@H](NC(=O)OC(C)(C)C)C(=O)N1CCC(Oc2nc3cc(F)ccc3n2C)CC1. The van der Waals surface area contributed by atoms with Crippen molar-refractivity contribution in [2.45, 2.75) is 65.2 Å². The topological polar surface area (TPSA) is 85.7 Å². The lowest BCUT2D eigenvalue weighted by molar-refractivity contribution is -0.136. The second-order valence-electron chi connectivity index (χ2n) is 9.60. The fourth-order valence-corrected chi connectivity index (χ4v) is 3.74. The van der Waals surface area contributed by atoms with E-state index in [4.69, 9.17) is 9.47 Å². The molecule has 1 aromatic carbocycles. The monoisotopic (exact) mass is 448 g/mol. The second kappa shape index (κ2) is 9.34. The Labute approximate surface area is 188 Å². The molecule has 1 saturated heterocycles. The van der Waals surface area contributed by atoms with E-state index in [1.54, 1.807) is 36.3 Å². The summed E-state index contributed by atoms with van der Waals surface area (Å²) in [6.07, 6.45) is 0.581. The first-order valence-corrected chi connectivity index (χ1v) is 11.0. The molecule has 8 nitrogen and oxygen atoms in total. The predicted octanol–water partition coefficient (Wildman–Crippen LogP) is 3.63. The number of imidazole rings is 1. The molecule has 0 radical (unpaired) electrons. The number of aromatic nitrogens is 2. The van der Waals surface area contributed by atoms with Crippen LogP contribution in [0.4, 0.5) is 9.18 Å². The van der Waals surface area contributed by atoms with E-state index >= 15 is 0 Å². The Balaban J connectivity index is 1.58. The summed E-state index contributed by atoms with van der Waals surface area (Å²) in [5, 5.41) is 2.72. The molecule has 0 unspecified atom stereocenters. The van der Waals surface area contributed by atoms with E-state index in [2.05, 4.69) is 10.3 Å². The van der Waals surface area contributed by atoms with Gasteiger partial charge >= 0.3 is 6.09 Å². The van der Waals surface area contributed by atoms with Crippen molar-refractivity contribution in [3.8, 4) is 6.01 Å².